The van der Waals surface area contributed by atoms with Crippen LogP contribution in [0, 0.1) is 0 Å². The van der Waals surface area contributed by atoms with Gasteiger partial charge < -0.3 is 15.3 Å². The summed E-state index contributed by atoms with van der Waals surface area (Å²) in [7, 11) is 0. The molecule has 0 saturated heterocycles. The summed E-state index contributed by atoms with van der Waals surface area (Å²) >= 11 is 0. The second-order valence-corrected chi connectivity index (χ2v) is 7.73. The van der Waals surface area contributed by atoms with Crippen molar-refractivity contribution >= 4 is 33.1 Å². The molecule has 0 saturated carbocycles. The number of phenolic OH excluding ortho intramolecular Hbond substituents is 3. The highest BCUT2D eigenvalue weighted by Gasteiger charge is 2.27. The van der Waals surface area contributed by atoms with Gasteiger partial charge in [-0.1, -0.05) is 84.9 Å². The van der Waals surface area contributed by atoms with Crippen LogP contribution in [-0.4, -0.2) is 26.9 Å². The van der Waals surface area contributed by atoms with Crippen LogP contribution >= 0.6 is 0 Å². The standard InChI is InChI=1S/C28H18O5/c29-24(20-13-5-9-16-7-1-3-11-18(16)20)22-15-23(27(32)28(33)26(22)31)25(30)21-14-6-10-17-8-2-4-12-19(17)21/h1-15,31-33H. The predicted octanol–water partition coefficient (Wildman–Crippen LogP) is 5.57. The molecular weight excluding hydrogens is 416 g/mol. The van der Waals surface area contributed by atoms with Gasteiger partial charge in [0, 0.05) is 11.1 Å². The van der Waals surface area contributed by atoms with Crippen LogP contribution in [0.15, 0.2) is 91.0 Å². The van der Waals surface area contributed by atoms with Gasteiger partial charge in [-0.05, 0) is 27.6 Å². The van der Waals surface area contributed by atoms with E-state index < -0.39 is 28.8 Å². The highest BCUT2D eigenvalue weighted by Crippen LogP contribution is 2.42. The summed E-state index contributed by atoms with van der Waals surface area (Å²) in [6.45, 7) is 0. The molecule has 0 fully saturated rings. The molecule has 5 heteroatoms. The number of carbonyl (C=O) groups is 2. The molecule has 0 aliphatic heterocycles. The molecule has 0 aliphatic carbocycles. The molecule has 0 unspecified atom stereocenters. The van der Waals surface area contributed by atoms with Crippen LogP contribution in [0.3, 0.4) is 0 Å². The van der Waals surface area contributed by atoms with Crippen LogP contribution in [0.1, 0.15) is 31.8 Å². The summed E-state index contributed by atoms with van der Waals surface area (Å²) in [5.41, 5.74) is 0.0598. The zero-order chi connectivity index (χ0) is 23.1. The molecule has 5 rings (SSSR count). The van der Waals surface area contributed by atoms with E-state index in [-0.39, 0.29) is 11.1 Å². The van der Waals surface area contributed by atoms with Crippen molar-refractivity contribution in [3.8, 4) is 17.2 Å². The molecule has 0 radical (unpaired) electrons. The molecule has 160 valence electrons. The number of carbonyl (C=O) groups excluding carboxylic acids is 2. The van der Waals surface area contributed by atoms with Crippen LogP contribution in [0.4, 0.5) is 0 Å². The number of hydrogen-bond acceptors (Lipinski definition) is 5. The molecule has 0 bridgehead atoms. The highest BCUT2D eigenvalue weighted by atomic mass is 16.3. The molecule has 0 atom stereocenters. The Labute approximate surface area is 188 Å². The van der Waals surface area contributed by atoms with Crippen molar-refractivity contribution in [3.05, 3.63) is 113 Å². The summed E-state index contributed by atoms with van der Waals surface area (Å²) in [4.78, 5) is 26.8. The third-order valence-corrected chi connectivity index (χ3v) is 5.81. The number of aromatic hydroxyl groups is 3. The van der Waals surface area contributed by atoms with E-state index in [0.29, 0.717) is 21.9 Å². The maximum atomic E-state index is 13.4. The summed E-state index contributed by atoms with van der Waals surface area (Å²) < 4.78 is 0. The van der Waals surface area contributed by atoms with Crippen molar-refractivity contribution in [2.24, 2.45) is 0 Å². The predicted molar refractivity (Wildman–Crippen MR) is 126 cm³/mol. The van der Waals surface area contributed by atoms with Gasteiger partial charge in [0.1, 0.15) is 0 Å². The van der Waals surface area contributed by atoms with Gasteiger partial charge in [0.2, 0.25) is 5.75 Å². The highest BCUT2D eigenvalue weighted by molar-refractivity contribution is 6.22. The molecule has 3 N–H and O–H groups in total. The van der Waals surface area contributed by atoms with E-state index in [1.54, 1.807) is 48.5 Å². The van der Waals surface area contributed by atoms with Crippen LogP contribution < -0.4 is 0 Å². The molecule has 5 aromatic rings. The third kappa shape index (κ3) is 3.27. The summed E-state index contributed by atoms with van der Waals surface area (Å²) in [5.74, 6) is -3.62. The molecule has 33 heavy (non-hydrogen) atoms. The van der Waals surface area contributed by atoms with Gasteiger partial charge in [-0.15, -0.1) is 0 Å². The lowest BCUT2D eigenvalue weighted by atomic mass is 9.91. The second-order valence-electron chi connectivity index (χ2n) is 7.73. The lowest BCUT2D eigenvalue weighted by molar-refractivity contribution is 0.103. The number of fused-ring (bicyclic) bond motifs is 2. The maximum absolute atomic E-state index is 13.4. The van der Waals surface area contributed by atoms with E-state index in [1.807, 2.05) is 36.4 Å². The third-order valence-electron chi connectivity index (χ3n) is 5.81. The normalized spacial score (nSPS) is 11.0. The Kier molecular flexibility index (Phi) is 4.79. The molecule has 0 aromatic heterocycles. The number of hydrogen-bond donors (Lipinski definition) is 3. The number of rotatable bonds is 4. The van der Waals surface area contributed by atoms with Crippen molar-refractivity contribution in [2.75, 3.05) is 0 Å². The Morgan fingerprint density at radius 3 is 1.30 bits per heavy atom. The Balaban J connectivity index is 1.69. The first-order valence-corrected chi connectivity index (χ1v) is 10.3. The fraction of sp³-hybridized carbons (Fsp3) is 0. The van der Waals surface area contributed by atoms with Crippen molar-refractivity contribution in [1.82, 2.24) is 0 Å². The average Bonchev–Trinajstić information content (AvgIpc) is 2.86. The van der Waals surface area contributed by atoms with Gasteiger partial charge in [0.15, 0.2) is 23.1 Å². The number of benzene rings is 5. The van der Waals surface area contributed by atoms with E-state index >= 15 is 0 Å². The average molecular weight is 434 g/mol. The van der Waals surface area contributed by atoms with Gasteiger partial charge in [-0.3, -0.25) is 9.59 Å². The van der Waals surface area contributed by atoms with Gasteiger partial charge >= 0.3 is 0 Å². The van der Waals surface area contributed by atoms with Gasteiger partial charge in [-0.25, -0.2) is 0 Å². The van der Waals surface area contributed by atoms with Gasteiger partial charge in [-0.2, -0.15) is 0 Å². The van der Waals surface area contributed by atoms with E-state index in [1.165, 1.54) is 0 Å². The minimum absolute atomic E-state index is 0.273. The molecule has 5 aromatic carbocycles. The summed E-state index contributed by atoms with van der Waals surface area (Å²) in [6.07, 6.45) is 0. The SMILES string of the molecule is O=C(c1cc(C(=O)c2cccc3ccccc23)c(O)c(O)c1O)c1cccc2ccccc12. The lowest BCUT2D eigenvalue weighted by Gasteiger charge is -2.13. The van der Waals surface area contributed by atoms with E-state index in [2.05, 4.69) is 0 Å². The Bertz CT molecular complexity index is 1460. The quantitative estimate of drug-likeness (QED) is 0.254. The first kappa shape index (κ1) is 20.3. The molecular formula is C28H18O5. The van der Waals surface area contributed by atoms with Crippen molar-refractivity contribution in [2.45, 2.75) is 0 Å². The largest absolute Gasteiger partial charge is 0.504 e. The Morgan fingerprint density at radius 1 is 0.455 bits per heavy atom. The number of phenols is 3. The van der Waals surface area contributed by atoms with Crippen LogP contribution in [0.2, 0.25) is 0 Å². The molecule has 0 amide bonds. The fourth-order valence-corrected chi connectivity index (χ4v) is 4.13. The molecule has 0 heterocycles. The second kappa shape index (κ2) is 7.80. The van der Waals surface area contributed by atoms with Crippen molar-refractivity contribution in [3.63, 3.8) is 0 Å². The minimum atomic E-state index is -0.912. The topological polar surface area (TPSA) is 94.8 Å². The lowest BCUT2D eigenvalue weighted by Crippen LogP contribution is -2.08. The first-order valence-electron chi connectivity index (χ1n) is 10.3. The van der Waals surface area contributed by atoms with Crippen molar-refractivity contribution < 1.29 is 24.9 Å². The van der Waals surface area contributed by atoms with Gasteiger partial charge in [0.05, 0.1) is 11.1 Å². The van der Waals surface area contributed by atoms with Crippen LogP contribution in [0.5, 0.6) is 17.2 Å². The number of ketones is 2. The van der Waals surface area contributed by atoms with Gasteiger partial charge in [0.25, 0.3) is 0 Å². The maximum Gasteiger partial charge on any atom is 0.201 e. The first-order chi connectivity index (χ1) is 16.0. The zero-order valence-electron chi connectivity index (χ0n) is 17.3. The smallest absolute Gasteiger partial charge is 0.201 e. The Hall–Kier alpha value is -4.64. The molecule has 0 aliphatic rings. The summed E-state index contributed by atoms with van der Waals surface area (Å²) in [6, 6.07) is 26.1. The monoisotopic (exact) mass is 434 g/mol. The molecule has 0 spiro atoms. The Morgan fingerprint density at radius 2 is 0.848 bits per heavy atom. The van der Waals surface area contributed by atoms with Crippen LogP contribution in [0.25, 0.3) is 21.5 Å². The van der Waals surface area contributed by atoms with E-state index in [0.717, 1.165) is 16.8 Å². The molecule has 5 nitrogen and oxygen atoms in total. The van der Waals surface area contributed by atoms with Crippen molar-refractivity contribution in [1.29, 1.82) is 0 Å². The van der Waals surface area contributed by atoms with E-state index in [4.69, 9.17) is 0 Å². The van der Waals surface area contributed by atoms with E-state index in [9.17, 15) is 24.9 Å². The minimum Gasteiger partial charge on any atom is -0.504 e. The fourth-order valence-electron chi connectivity index (χ4n) is 4.13. The summed E-state index contributed by atoms with van der Waals surface area (Å²) in [5, 5.41) is 34.4. The zero-order valence-corrected chi connectivity index (χ0v) is 17.3. The van der Waals surface area contributed by atoms with Crippen LogP contribution in [-0.2, 0) is 0 Å².